The summed E-state index contributed by atoms with van der Waals surface area (Å²) in [7, 11) is 3.42. The van der Waals surface area contributed by atoms with E-state index in [1.54, 1.807) is 14.2 Å². The van der Waals surface area contributed by atoms with Crippen molar-refractivity contribution < 1.29 is 18.9 Å². The zero-order valence-electron chi connectivity index (χ0n) is 35.2. The van der Waals surface area contributed by atoms with Crippen LogP contribution < -0.4 is 38.5 Å². The Hall–Kier alpha value is -4.72. The van der Waals surface area contributed by atoms with Crippen molar-refractivity contribution in [1.29, 1.82) is 0 Å². The van der Waals surface area contributed by atoms with Crippen molar-refractivity contribution in [2.24, 2.45) is 0 Å². The molecule has 0 aliphatic carbocycles. The number of ether oxygens (including phenoxy) is 4. The third-order valence-electron chi connectivity index (χ3n) is 12.5. The van der Waals surface area contributed by atoms with Crippen molar-refractivity contribution in [3.63, 3.8) is 0 Å². The van der Waals surface area contributed by atoms with Crippen molar-refractivity contribution in [3.05, 3.63) is 93.0 Å². The van der Waals surface area contributed by atoms with Gasteiger partial charge >= 0.3 is 0 Å². The first-order valence-electron chi connectivity index (χ1n) is 20.2. The zero-order valence-corrected chi connectivity index (χ0v) is 35.2. The third kappa shape index (κ3) is 7.49. The summed E-state index contributed by atoms with van der Waals surface area (Å²) in [4.78, 5) is 10.1. The molecule has 4 heterocycles. The normalized spacial score (nSPS) is 18.6. The first-order valence-corrected chi connectivity index (χ1v) is 20.2. The van der Waals surface area contributed by atoms with E-state index >= 15 is 0 Å². The van der Waals surface area contributed by atoms with Gasteiger partial charge in [-0.05, 0) is 144 Å². The van der Waals surface area contributed by atoms with Crippen LogP contribution in [0.2, 0.25) is 0 Å². The lowest BCUT2D eigenvalue weighted by molar-refractivity contribution is 0.137. The van der Waals surface area contributed by atoms with Gasteiger partial charge in [-0.15, -0.1) is 0 Å². The molecule has 0 aromatic heterocycles. The highest BCUT2D eigenvalue weighted by molar-refractivity contribution is 5.71. The molecule has 294 valence electrons. The smallest absolute Gasteiger partial charge is 0.127 e. The van der Waals surface area contributed by atoms with Gasteiger partial charge in [-0.1, -0.05) is 0 Å². The molecular formula is C47H62N4O4. The van der Waals surface area contributed by atoms with E-state index in [0.29, 0.717) is 6.10 Å². The second kappa shape index (κ2) is 15.4. The Morgan fingerprint density at radius 1 is 0.527 bits per heavy atom. The van der Waals surface area contributed by atoms with Gasteiger partial charge in [-0.3, -0.25) is 0 Å². The summed E-state index contributed by atoms with van der Waals surface area (Å²) in [5.41, 5.74) is 16.3. The summed E-state index contributed by atoms with van der Waals surface area (Å²) in [5, 5.41) is 0. The van der Waals surface area contributed by atoms with E-state index in [1.165, 1.54) is 67.3 Å². The highest BCUT2D eigenvalue weighted by Gasteiger charge is 2.36. The van der Waals surface area contributed by atoms with E-state index in [9.17, 15) is 0 Å². The molecule has 8 nitrogen and oxygen atoms in total. The molecule has 2 saturated heterocycles. The number of nitrogens with zero attached hydrogens (tertiary/aromatic N) is 4. The molecule has 0 spiro atoms. The Bertz CT molecular complexity index is 2010. The van der Waals surface area contributed by atoms with Crippen LogP contribution >= 0.6 is 0 Å². The maximum atomic E-state index is 6.29. The average Bonchev–Trinajstić information content (AvgIpc) is 3.76. The highest BCUT2D eigenvalue weighted by atomic mass is 16.5. The number of hydrogen-bond acceptors (Lipinski definition) is 8. The van der Waals surface area contributed by atoms with Crippen LogP contribution in [0.25, 0.3) is 0 Å². The molecule has 4 aliphatic heterocycles. The zero-order chi connectivity index (χ0) is 39.2. The van der Waals surface area contributed by atoms with Crippen LogP contribution in [-0.4, -0.2) is 78.3 Å². The topological polar surface area (TPSA) is 49.9 Å². The van der Waals surface area contributed by atoms with Gasteiger partial charge in [0.05, 0.1) is 14.2 Å². The first kappa shape index (κ1) is 38.6. The lowest BCUT2D eigenvalue weighted by Gasteiger charge is -2.39. The number of benzene rings is 4. The standard InChI is InChI=1S/C24H32N2O2.C23H30N2O2/c1-16-17(2)23-21(15-24(4,5)28-23)18(3)22(16)26-13-11-25(12-14-26)19-7-9-20(27-6)10-8-19;1-15-14-21-18(4)22(16(2)17(3)23(21)27-15)25-12-10-24(11-13-25)19-6-8-20(26-5)9-7-19/h7-10H,11-15H2,1-6H3;6-9,15H,10-14H2,1-5H3/t;15-/m.1/s1. The second-order valence-electron chi connectivity index (χ2n) is 16.6. The first-order chi connectivity index (χ1) is 26.3. The van der Waals surface area contributed by atoms with Gasteiger partial charge in [0.25, 0.3) is 0 Å². The quantitative estimate of drug-likeness (QED) is 0.194. The predicted octanol–water partition coefficient (Wildman–Crippen LogP) is 8.93. The average molecular weight is 747 g/mol. The molecule has 0 unspecified atom stereocenters. The molecule has 0 radical (unpaired) electrons. The second-order valence-corrected chi connectivity index (χ2v) is 16.6. The number of piperazine rings is 2. The van der Waals surface area contributed by atoms with Gasteiger partial charge in [0, 0.05) is 99.1 Å². The van der Waals surface area contributed by atoms with Gasteiger partial charge in [0.1, 0.15) is 34.7 Å². The summed E-state index contributed by atoms with van der Waals surface area (Å²) < 4.78 is 22.9. The van der Waals surface area contributed by atoms with E-state index in [-0.39, 0.29) is 5.60 Å². The number of rotatable bonds is 6. The van der Waals surface area contributed by atoms with Gasteiger partial charge in [-0.25, -0.2) is 0 Å². The van der Waals surface area contributed by atoms with Crippen LogP contribution in [0.3, 0.4) is 0 Å². The molecule has 0 amide bonds. The van der Waals surface area contributed by atoms with Crippen molar-refractivity contribution >= 4 is 22.7 Å². The lowest BCUT2D eigenvalue weighted by Crippen LogP contribution is -2.47. The number of anilines is 4. The maximum absolute atomic E-state index is 6.29. The summed E-state index contributed by atoms with van der Waals surface area (Å²) in [6, 6.07) is 16.8. The minimum absolute atomic E-state index is 0.101. The van der Waals surface area contributed by atoms with Crippen molar-refractivity contribution in [3.8, 4) is 23.0 Å². The van der Waals surface area contributed by atoms with Gasteiger partial charge in [-0.2, -0.15) is 0 Å². The van der Waals surface area contributed by atoms with Gasteiger partial charge in [0.2, 0.25) is 0 Å². The number of methoxy groups -OCH3 is 2. The van der Waals surface area contributed by atoms with Crippen molar-refractivity contribution in [2.75, 3.05) is 86.2 Å². The third-order valence-corrected chi connectivity index (χ3v) is 12.5. The largest absolute Gasteiger partial charge is 0.497 e. The molecule has 1 atom stereocenters. The molecule has 55 heavy (non-hydrogen) atoms. The van der Waals surface area contributed by atoms with E-state index in [2.05, 4.69) is 106 Å². The van der Waals surface area contributed by atoms with E-state index in [1.807, 2.05) is 24.3 Å². The Labute approximate surface area is 329 Å². The van der Waals surface area contributed by atoms with Crippen LogP contribution in [0.1, 0.15) is 65.3 Å². The molecule has 0 N–H and O–H groups in total. The molecule has 8 rings (SSSR count). The highest BCUT2D eigenvalue weighted by Crippen LogP contribution is 2.46. The fraction of sp³-hybridized carbons (Fsp3) is 0.489. The molecule has 0 bridgehead atoms. The molecule has 4 aromatic rings. The molecule has 4 aliphatic rings. The Balaban J connectivity index is 0.000000169. The van der Waals surface area contributed by atoms with Crippen LogP contribution in [0.5, 0.6) is 23.0 Å². The van der Waals surface area contributed by atoms with Gasteiger partial charge < -0.3 is 38.5 Å². The molecule has 4 aromatic carbocycles. The van der Waals surface area contributed by atoms with Crippen LogP contribution in [0.4, 0.5) is 22.7 Å². The number of hydrogen-bond donors (Lipinski definition) is 0. The van der Waals surface area contributed by atoms with Crippen LogP contribution in [0, 0.1) is 41.5 Å². The van der Waals surface area contributed by atoms with E-state index in [0.717, 1.165) is 88.2 Å². The van der Waals surface area contributed by atoms with Crippen LogP contribution in [-0.2, 0) is 12.8 Å². The van der Waals surface area contributed by atoms with E-state index in [4.69, 9.17) is 18.9 Å². The molecule has 2 fully saturated rings. The molecular weight excluding hydrogens is 685 g/mol. The minimum Gasteiger partial charge on any atom is -0.497 e. The number of fused-ring (bicyclic) bond motifs is 2. The Morgan fingerprint density at radius 2 is 0.927 bits per heavy atom. The Kier molecular flexibility index (Phi) is 10.8. The SMILES string of the molecule is COc1ccc(N2CCN(c3c(C)c(C)c4c(c3C)CC(C)(C)O4)CC2)cc1.COc1ccc(N2CCN(c3c(C)c(C)c4c(c3C)C[C@@H](C)O4)CC2)cc1. The molecule has 0 saturated carbocycles. The van der Waals surface area contributed by atoms with E-state index < -0.39 is 0 Å². The van der Waals surface area contributed by atoms with Crippen molar-refractivity contribution in [1.82, 2.24) is 0 Å². The lowest BCUT2D eigenvalue weighted by atomic mass is 9.92. The summed E-state index contributed by atoms with van der Waals surface area (Å²) in [6.45, 7) is 28.3. The monoisotopic (exact) mass is 746 g/mol. The molecule has 8 heteroatoms. The summed E-state index contributed by atoms with van der Waals surface area (Å²) in [6.07, 6.45) is 2.31. The predicted molar refractivity (Wildman–Crippen MR) is 228 cm³/mol. The summed E-state index contributed by atoms with van der Waals surface area (Å²) in [5.74, 6) is 4.08. The fourth-order valence-electron chi connectivity index (χ4n) is 9.27. The Morgan fingerprint density at radius 3 is 1.36 bits per heavy atom. The summed E-state index contributed by atoms with van der Waals surface area (Å²) >= 11 is 0. The van der Waals surface area contributed by atoms with Crippen molar-refractivity contribution in [2.45, 2.75) is 86.9 Å². The minimum atomic E-state index is -0.101. The fourth-order valence-corrected chi connectivity index (χ4v) is 9.27. The van der Waals surface area contributed by atoms with Crippen LogP contribution in [0.15, 0.2) is 48.5 Å². The maximum Gasteiger partial charge on any atom is 0.127 e. The van der Waals surface area contributed by atoms with Gasteiger partial charge in [0.15, 0.2) is 0 Å².